The van der Waals surface area contributed by atoms with Gasteiger partial charge in [-0.15, -0.1) is 0 Å². The minimum Gasteiger partial charge on any atom is -0.455 e. The first-order chi connectivity index (χ1) is 21.4. The number of ether oxygens (including phenoxy) is 6. The molecule has 2 unspecified atom stereocenters. The lowest BCUT2D eigenvalue weighted by atomic mass is 9.42. The molecule has 1 aromatic carbocycles. The van der Waals surface area contributed by atoms with Crippen LogP contribution in [0.15, 0.2) is 30.3 Å². The molecular weight excluding hydrogens is 586 g/mol. The molecule has 6 aliphatic rings. The van der Waals surface area contributed by atoms with Gasteiger partial charge >= 0.3 is 11.9 Å². The predicted octanol–water partition coefficient (Wildman–Crippen LogP) is 0.258. The summed E-state index contributed by atoms with van der Waals surface area (Å²) < 4.78 is 37.2. The van der Waals surface area contributed by atoms with E-state index in [1.54, 1.807) is 51.7 Å². The van der Waals surface area contributed by atoms with Crippen molar-refractivity contribution in [3.63, 3.8) is 0 Å². The van der Waals surface area contributed by atoms with Gasteiger partial charge in [0.25, 0.3) is 0 Å². The van der Waals surface area contributed by atoms with Crippen LogP contribution in [0.3, 0.4) is 0 Å². The smallest absolute Gasteiger partial charge is 0.338 e. The first-order valence-corrected chi connectivity index (χ1v) is 15.8. The fraction of sp³-hybridized carbons (Fsp3) is 0.758. The van der Waals surface area contributed by atoms with Crippen molar-refractivity contribution in [2.75, 3.05) is 48.6 Å². The summed E-state index contributed by atoms with van der Waals surface area (Å²) >= 11 is 0. The van der Waals surface area contributed by atoms with Gasteiger partial charge in [0.1, 0.15) is 23.9 Å². The summed E-state index contributed by atoms with van der Waals surface area (Å²) in [5, 5.41) is 37.0. The van der Waals surface area contributed by atoms with E-state index in [1.165, 1.54) is 14.0 Å². The van der Waals surface area contributed by atoms with Crippen LogP contribution in [-0.2, 0) is 33.2 Å². The molecule has 7 rings (SSSR count). The van der Waals surface area contributed by atoms with E-state index in [0.717, 1.165) is 0 Å². The minimum atomic E-state index is -1.83. The van der Waals surface area contributed by atoms with Gasteiger partial charge in [-0.3, -0.25) is 4.79 Å². The van der Waals surface area contributed by atoms with Gasteiger partial charge in [-0.05, 0) is 31.5 Å². The number of esters is 2. The molecule has 1 spiro atoms. The van der Waals surface area contributed by atoms with E-state index in [4.69, 9.17) is 28.4 Å². The van der Waals surface area contributed by atoms with Crippen molar-refractivity contribution < 1.29 is 53.3 Å². The molecular formula is C33H45NO11. The average molecular weight is 632 g/mol. The Bertz CT molecular complexity index is 1350. The number of methoxy groups -OCH3 is 4. The lowest BCUT2D eigenvalue weighted by Crippen LogP contribution is -2.81. The van der Waals surface area contributed by atoms with Gasteiger partial charge in [0, 0.05) is 83.0 Å². The molecule has 1 aliphatic heterocycles. The second-order valence-corrected chi connectivity index (χ2v) is 14.3. The molecule has 0 radical (unpaired) electrons. The monoisotopic (exact) mass is 631 g/mol. The normalized spacial score (nSPS) is 50.7. The Morgan fingerprint density at radius 3 is 2.31 bits per heavy atom. The van der Waals surface area contributed by atoms with Crippen LogP contribution >= 0.6 is 0 Å². The van der Waals surface area contributed by atoms with Crippen LogP contribution in [0.2, 0.25) is 0 Å². The van der Waals surface area contributed by atoms with Gasteiger partial charge in [0.15, 0.2) is 5.60 Å². The van der Waals surface area contributed by atoms with Crippen molar-refractivity contribution in [2.24, 2.45) is 34.5 Å². The SMILES string of the molecule is COC[C@]12CN(C)C3[C@@H]4[C@H](OC)[C@H]1[C@@]3([C@@H](OC)C[C@H]2O)[C@@H]1C[C@@]2(O)[C@H](OC(=O)c3ccccc3)C1[C@]4(OC(C)=O)[C@@H](O)[C@@H]2OC. The largest absolute Gasteiger partial charge is 0.455 e. The number of fused-ring (bicyclic) bond motifs is 2. The number of hydrogen-bond acceptors (Lipinski definition) is 12. The van der Waals surface area contributed by atoms with E-state index in [-0.39, 0.29) is 25.0 Å². The quantitative estimate of drug-likeness (QED) is 0.337. The topological polar surface area (TPSA) is 153 Å². The third kappa shape index (κ3) is 3.55. The zero-order valence-electron chi connectivity index (χ0n) is 26.6. The third-order valence-electron chi connectivity index (χ3n) is 12.9. The summed E-state index contributed by atoms with van der Waals surface area (Å²) in [6.45, 7) is 2.00. The molecule has 45 heavy (non-hydrogen) atoms. The van der Waals surface area contributed by atoms with Crippen molar-refractivity contribution in [1.82, 2.24) is 4.90 Å². The van der Waals surface area contributed by atoms with E-state index in [0.29, 0.717) is 18.5 Å². The summed E-state index contributed by atoms with van der Waals surface area (Å²) in [5.74, 6) is -3.66. The Kier molecular flexibility index (Phi) is 7.28. The first kappa shape index (κ1) is 31.4. The molecule has 0 aromatic heterocycles. The van der Waals surface area contributed by atoms with E-state index in [2.05, 4.69) is 4.90 Å². The zero-order valence-corrected chi connectivity index (χ0v) is 26.6. The maximum absolute atomic E-state index is 13.7. The average Bonchev–Trinajstić information content (AvgIpc) is 3.40. The van der Waals surface area contributed by atoms with Gasteiger partial charge in [0.05, 0.1) is 30.5 Å². The summed E-state index contributed by atoms with van der Waals surface area (Å²) in [5.41, 5.74) is -4.79. The number of likely N-dealkylation sites (tertiary alicyclic amines) is 1. The highest BCUT2D eigenvalue weighted by molar-refractivity contribution is 5.89. The van der Waals surface area contributed by atoms with Crippen molar-refractivity contribution in [3.8, 4) is 0 Å². The first-order valence-electron chi connectivity index (χ1n) is 15.8. The van der Waals surface area contributed by atoms with E-state index < -0.39 is 88.3 Å². The van der Waals surface area contributed by atoms with Crippen LogP contribution in [0.1, 0.15) is 30.1 Å². The van der Waals surface area contributed by atoms with Gasteiger partial charge in [-0.25, -0.2) is 4.79 Å². The van der Waals surface area contributed by atoms with Crippen LogP contribution in [0.4, 0.5) is 0 Å². The number of carbonyl (C=O) groups excluding carboxylic acids is 2. The van der Waals surface area contributed by atoms with Crippen LogP contribution in [-0.4, -0.2) is 135 Å². The van der Waals surface area contributed by atoms with Crippen molar-refractivity contribution in [1.29, 1.82) is 0 Å². The van der Waals surface area contributed by atoms with Crippen LogP contribution in [0.5, 0.6) is 0 Å². The lowest BCUT2D eigenvalue weighted by Gasteiger charge is -2.70. The molecule has 1 aromatic rings. The van der Waals surface area contributed by atoms with E-state index in [1.807, 2.05) is 7.05 Å². The number of aliphatic hydroxyl groups excluding tert-OH is 2. The fourth-order valence-corrected chi connectivity index (χ4v) is 12.2. The lowest BCUT2D eigenvalue weighted by molar-refractivity contribution is -0.321. The predicted molar refractivity (Wildman–Crippen MR) is 156 cm³/mol. The highest BCUT2D eigenvalue weighted by atomic mass is 16.6. The summed E-state index contributed by atoms with van der Waals surface area (Å²) in [6, 6.07) is 8.15. The Morgan fingerprint density at radius 1 is 1.00 bits per heavy atom. The Morgan fingerprint density at radius 2 is 1.71 bits per heavy atom. The van der Waals surface area contributed by atoms with Gasteiger partial charge < -0.3 is 48.6 Å². The van der Waals surface area contributed by atoms with Crippen molar-refractivity contribution >= 4 is 11.9 Å². The number of aliphatic hydroxyl groups is 3. The molecule has 1 heterocycles. The number of benzene rings is 1. The maximum atomic E-state index is 13.7. The van der Waals surface area contributed by atoms with Crippen molar-refractivity contribution in [2.45, 2.75) is 73.6 Å². The molecule has 5 aliphatic carbocycles. The second-order valence-electron chi connectivity index (χ2n) is 14.3. The Hall–Kier alpha value is -2.16. The molecule has 12 heteroatoms. The van der Waals surface area contributed by atoms with Crippen LogP contribution in [0.25, 0.3) is 0 Å². The highest BCUT2D eigenvalue weighted by Gasteiger charge is 2.92. The molecule has 15 atom stereocenters. The number of rotatable bonds is 8. The molecule has 5 saturated carbocycles. The van der Waals surface area contributed by atoms with E-state index in [9.17, 15) is 24.9 Å². The van der Waals surface area contributed by atoms with Crippen LogP contribution in [0, 0.1) is 34.5 Å². The Balaban J connectivity index is 1.52. The Labute approximate surface area is 262 Å². The molecule has 12 nitrogen and oxygen atoms in total. The standard InChI is InChI=1S/C33H45NO11/c1-16(35)45-33-21-18(13-31(39,28(43-6)26(33)37)27(21)44-29(38)17-10-8-7-9-11-17)32-20(41-4)12-19(36)30(15-40-3)14-34(2)25(32)22(33)23(42-5)24(30)32/h7-11,18-28,36-37,39H,12-15H2,1-6H3/t18-,19-,20+,21?,22+,23+,24-,25?,26+,27-,28+,30+,31-,32+,33-/m1/s1. The number of carbonyl (C=O) groups is 2. The van der Waals surface area contributed by atoms with Crippen molar-refractivity contribution in [3.05, 3.63) is 35.9 Å². The van der Waals surface area contributed by atoms with Gasteiger partial charge in [-0.2, -0.15) is 0 Å². The molecule has 248 valence electrons. The molecule has 3 N–H and O–H groups in total. The zero-order chi connectivity index (χ0) is 32.3. The van der Waals surface area contributed by atoms with Gasteiger partial charge in [0.2, 0.25) is 0 Å². The number of piperidine rings is 1. The second kappa shape index (κ2) is 10.4. The van der Waals surface area contributed by atoms with Crippen LogP contribution < -0.4 is 0 Å². The highest BCUT2D eigenvalue weighted by Crippen LogP contribution is 2.80. The maximum Gasteiger partial charge on any atom is 0.338 e. The fourth-order valence-electron chi connectivity index (χ4n) is 12.2. The van der Waals surface area contributed by atoms with E-state index >= 15 is 0 Å². The number of nitrogens with zero attached hydrogens (tertiary/aromatic N) is 1. The molecule has 6 fully saturated rings. The summed E-state index contributed by atoms with van der Waals surface area (Å²) in [7, 11) is 8.20. The number of hydrogen-bond donors (Lipinski definition) is 3. The molecule has 1 saturated heterocycles. The summed E-state index contributed by atoms with van der Waals surface area (Å²) in [6.07, 6.45) is -5.50. The molecule has 7 bridgehead atoms. The third-order valence-corrected chi connectivity index (χ3v) is 12.9. The summed E-state index contributed by atoms with van der Waals surface area (Å²) in [4.78, 5) is 29.1. The molecule has 0 amide bonds. The van der Waals surface area contributed by atoms with Gasteiger partial charge in [-0.1, -0.05) is 18.2 Å². The minimum absolute atomic E-state index is 0.0754.